The molecule has 0 heterocycles. The normalized spacial score (nSPS) is 12.6. The van der Waals surface area contributed by atoms with Gasteiger partial charge in [-0.3, -0.25) is 0 Å². The van der Waals surface area contributed by atoms with Gasteiger partial charge in [0.05, 0.1) is 4.90 Å². The summed E-state index contributed by atoms with van der Waals surface area (Å²) < 4.78 is 86.9. The van der Waals surface area contributed by atoms with Gasteiger partial charge in [0, 0.05) is 0 Å². The Morgan fingerprint density at radius 2 is 1.42 bits per heavy atom. The highest BCUT2D eigenvalue weighted by atomic mass is 32.2. The van der Waals surface area contributed by atoms with Crippen LogP contribution >= 0.6 is 0 Å². The Labute approximate surface area is 105 Å². The summed E-state index contributed by atoms with van der Waals surface area (Å²) in [4.78, 5) is 0.148. The molecule has 0 aliphatic carbocycles. The van der Waals surface area contributed by atoms with Crippen molar-refractivity contribution >= 4 is 10.0 Å². The van der Waals surface area contributed by atoms with Crippen LogP contribution in [0.5, 0.6) is 0 Å². The second-order valence-corrected chi connectivity index (χ2v) is 4.76. The van der Waals surface area contributed by atoms with E-state index in [0.717, 1.165) is 0 Å². The molecule has 0 saturated heterocycles. The van der Waals surface area contributed by atoms with Crippen molar-refractivity contribution in [3.05, 3.63) is 30.3 Å². The minimum absolute atomic E-state index is 0.148. The molecule has 0 fully saturated rings. The quantitative estimate of drug-likeness (QED) is 0.853. The third kappa shape index (κ3) is 5.92. The van der Waals surface area contributed by atoms with Crippen LogP contribution in [0, 0.1) is 0 Å². The Kier molecular flexibility index (Phi) is 5.82. The van der Waals surface area contributed by atoms with Crippen LogP contribution in [0.1, 0.15) is 0 Å². The van der Waals surface area contributed by atoms with Crippen molar-refractivity contribution in [2.45, 2.75) is 17.0 Å². The van der Waals surface area contributed by atoms with Gasteiger partial charge in [-0.1, -0.05) is 18.2 Å². The number of sulfonamides is 1. The first-order chi connectivity index (χ1) is 8.42. The molecule has 2 N–H and O–H groups in total. The summed E-state index contributed by atoms with van der Waals surface area (Å²) in [5, 5.41) is 4.83. The smallest absolute Gasteiger partial charge is 0.244 e. The van der Waals surface area contributed by atoms with Crippen LogP contribution in [0.25, 0.3) is 0 Å². The number of rotatable bonds is 2. The van der Waals surface area contributed by atoms with Crippen molar-refractivity contribution in [2.75, 3.05) is 6.67 Å². The maximum Gasteiger partial charge on any atom is 0.456 e. The Morgan fingerprint density at radius 3 is 1.58 bits per heavy atom. The summed E-state index contributed by atoms with van der Waals surface area (Å²) in [6.45, 7) is -2.70. The molecule has 0 aromatic heterocycles. The van der Waals surface area contributed by atoms with Gasteiger partial charge in [0.15, 0.2) is 6.67 Å². The monoisotopic (exact) mass is 309 g/mol. The van der Waals surface area contributed by atoms with Gasteiger partial charge in [-0.15, -0.1) is 0 Å². The maximum atomic E-state index is 11.2. The molecule has 1 aromatic carbocycles. The van der Waals surface area contributed by atoms with E-state index in [0.29, 0.717) is 0 Å². The van der Waals surface area contributed by atoms with Gasteiger partial charge in [0.2, 0.25) is 10.0 Å². The second kappa shape index (κ2) is 6.24. The van der Waals surface area contributed by atoms with Crippen molar-refractivity contribution in [2.24, 2.45) is 5.14 Å². The van der Waals surface area contributed by atoms with Crippen molar-refractivity contribution in [1.82, 2.24) is 0 Å². The Bertz CT molecular complexity index is 485. The van der Waals surface area contributed by atoms with Crippen molar-refractivity contribution < 1.29 is 34.8 Å². The topological polar surface area (TPSA) is 60.2 Å². The van der Waals surface area contributed by atoms with Gasteiger partial charge in [-0.2, -0.15) is 22.0 Å². The summed E-state index contributed by atoms with van der Waals surface area (Å²) in [5.74, 6) is -5.19. The third-order valence-corrected chi connectivity index (χ3v) is 2.58. The van der Waals surface area contributed by atoms with Crippen molar-refractivity contribution in [3.63, 3.8) is 0 Å². The molecule has 0 spiro atoms. The van der Waals surface area contributed by atoms with Crippen LogP contribution < -0.4 is 5.14 Å². The molecule has 0 unspecified atom stereocenters. The average Bonchev–Trinajstić information content (AvgIpc) is 2.28. The summed E-state index contributed by atoms with van der Waals surface area (Å²) in [6, 6.07) is 7.89. The lowest BCUT2D eigenvalue weighted by molar-refractivity contribution is -0.286. The predicted octanol–water partition coefficient (Wildman–Crippen LogP) is 2.49. The highest BCUT2D eigenvalue weighted by Gasteiger charge is 2.57. The highest BCUT2D eigenvalue weighted by molar-refractivity contribution is 7.89. The average molecular weight is 309 g/mol. The van der Waals surface area contributed by atoms with Gasteiger partial charge in [-0.05, 0) is 12.1 Å². The zero-order valence-corrected chi connectivity index (χ0v) is 9.98. The number of benzene rings is 1. The van der Waals surface area contributed by atoms with Crippen LogP contribution in [0.2, 0.25) is 0 Å². The van der Waals surface area contributed by atoms with E-state index in [1.165, 1.54) is 12.1 Å². The molecule has 0 saturated carbocycles. The standard InChI is InChI=1S/C6H7NO2S.C3H2F6/c7-10(8,9)6-4-2-1-3-5-6;4-1-2(5,6)3(7,8)9/h1-5H,(H2,7,8,9);1H2. The van der Waals surface area contributed by atoms with E-state index < -0.39 is 28.8 Å². The zero-order chi connectivity index (χ0) is 15.3. The lowest BCUT2D eigenvalue weighted by Gasteiger charge is -2.14. The number of primary sulfonamides is 1. The molecule has 0 amide bonds. The summed E-state index contributed by atoms with van der Waals surface area (Å²) in [6.07, 6.45) is -5.76. The molecule has 110 valence electrons. The SMILES string of the molecule is FCC(F)(F)C(F)(F)F.NS(=O)(=O)c1ccccc1. The van der Waals surface area contributed by atoms with E-state index >= 15 is 0 Å². The third-order valence-electron chi connectivity index (χ3n) is 1.65. The molecule has 0 atom stereocenters. The van der Waals surface area contributed by atoms with Crippen molar-refractivity contribution in [3.8, 4) is 0 Å². The lowest BCUT2D eigenvalue weighted by Crippen LogP contribution is -2.38. The molecule has 10 heteroatoms. The second-order valence-electron chi connectivity index (χ2n) is 3.19. The molecule has 19 heavy (non-hydrogen) atoms. The van der Waals surface area contributed by atoms with Crippen LogP contribution in [-0.2, 0) is 10.0 Å². The van der Waals surface area contributed by atoms with E-state index in [9.17, 15) is 34.8 Å². The van der Waals surface area contributed by atoms with Crippen LogP contribution in [-0.4, -0.2) is 27.2 Å². The molecule has 0 aliphatic rings. The van der Waals surface area contributed by atoms with E-state index in [1.807, 2.05) is 0 Å². The molecule has 0 bridgehead atoms. The Hall–Kier alpha value is -1.29. The first-order valence-corrected chi connectivity index (χ1v) is 6.05. The molecular weight excluding hydrogens is 300 g/mol. The molecular formula is C9H9F6NO2S. The predicted molar refractivity (Wildman–Crippen MR) is 54.8 cm³/mol. The molecule has 0 radical (unpaired) electrons. The number of hydrogen-bond donors (Lipinski definition) is 1. The Morgan fingerprint density at radius 1 is 1.00 bits per heavy atom. The first-order valence-electron chi connectivity index (χ1n) is 4.50. The number of nitrogens with two attached hydrogens (primary N) is 1. The minimum Gasteiger partial charge on any atom is -0.244 e. The van der Waals surface area contributed by atoms with E-state index in [4.69, 9.17) is 5.14 Å². The largest absolute Gasteiger partial charge is 0.456 e. The maximum absolute atomic E-state index is 11.2. The van der Waals surface area contributed by atoms with E-state index in [-0.39, 0.29) is 4.90 Å². The van der Waals surface area contributed by atoms with Crippen LogP contribution in [0.3, 0.4) is 0 Å². The van der Waals surface area contributed by atoms with Gasteiger partial charge in [-0.25, -0.2) is 17.9 Å². The summed E-state index contributed by atoms with van der Waals surface area (Å²) in [7, 11) is -3.50. The fourth-order valence-corrected chi connectivity index (χ4v) is 1.22. The number of hydrogen-bond acceptors (Lipinski definition) is 2. The lowest BCUT2D eigenvalue weighted by atomic mass is 10.4. The van der Waals surface area contributed by atoms with Gasteiger partial charge in [0.1, 0.15) is 0 Å². The zero-order valence-electron chi connectivity index (χ0n) is 9.16. The summed E-state index contributed by atoms with van der Waals surface area (Å²) >= 11 is 0. The number of halogens is 6. The summed E-state index contributed by atoms with van der Waals surface area (Å²) in [5.41, 5.74) is 0. The van der Waals surface area contributed by atoms with E-state index in [2.05, 4.69) is 0 Å². The van der Waals surface area contributed by atoms with Gasteiger partial charge < -0.3 is 0 Å². The fourth-order valence-electron chi connectivity index (χ4n) is 0.686. The fraction of sp³-hybridized carbons (Fsp3) is 0.333. The molecule has 1 rings (SSSR count). The van der Waals surface area contributed by atoms with E-state index in [1.54, 1.807) is 18.2 Å². The van der Waals surface area contributed by atoms with Gasteiger partial charge in [0.25, 0.3) is 0 Å². The number of alkyl halides is 6. The molecule has 3 nitrogen and oxygen atoms in total. The highest BCUT2D eigenvalue weighted by Crippen LogP contribution is 2.35. The van der Waals surface area contributed by atoms with Crippen molar-refractivity contribution in [1.29, 1.82) is 0 Å². The Balaban J connectivity index is 0.000000344. The van der Waals surface area contributed by atoms with Gasteiger partial charge >= 0.3 is 12.1 Å². The van der Waals surface area contributed by atoms with Crippen LogP contribution in [0.4, 0.5) is 26.3 Å². The molecule has 0 aliphatic heterocycles. The van der Waals surface area contributed by atoms with Crippen LogP contribution in [0.15, 0.2) is 35.2 Å². The minimum atomic E-state index is -5.76. The first kappa shape index (κ1) is 17.7. The molecule has 1 aromatic rings.